The highest BCUT2D eigenvalue weighted by atomic mass is 19.1. The largest absolute Gasteiger partial charge is 0.494 e. The summed E-state index contributed by atoms with van der Waals surface area (Å²) in [5.41, 5.74) is 1.92. The van der Waals surface area contributed by atoms with Gasteiger partial charge in [-0.15, -0.1) is 0 Å². The summed E-state index contributed by atoms with van der Waals surface area (Å²) in [5, 5.41) is 3.20. The van der Waals surface area contributed by atoms with E-state index in [2.05, 4.69) is 19.2 Å². The molecule has 0 aliphatic rings. The Morgan fingerprint density at radius 3 is 2.52 bits per heavy atom. The van der Waals surface area contributed by atoms with Crippen LogP contribution in [0.3, 0.4) is 0 Å². The van der Waals surface area contributed by atoms with Crippen molar-refractivity contribution in [1.82, 2.24) is 0 Å². The summed E-state index contributed by atoms with van der Waals surface area (Å²) in [5.74, 6) is 1.32. The summed E-state index contributed by atoms with van der Waals surface area (Å²) >= 11 is 0. The molecule has 2 nitrogen and oxygen atoms in total. The lowest BCUT2D eigenvalue weighted by Crippen LogP contribution is -2.02. The Labute approximate surface area is 126 Å². The zero-order valence-electron chi connectivity index (χ0n) is 12.6. The van der Waals surface area contributed by atoms with Crippen LogP contribution in [-0.4, -0.2) is 6.61 Å². The molecule has 0 amide bonds. The topological polar surface area (TPSA) is 21.3 Å². The Morgan fingerprint density at radius 2 is 1.86 bits per heavy atom. The van der Waals surface area contributed by atoms with Crippen LogP contribution in [0.25, 0.3) is 0 Å². The van der Waals surface area contributed by atoms with E-state index in [4.69, 9.17) is 4.74 Å². The first-order chi connectivity index (χ1) is 10.1. The normalized spacial score (nSPS) is 10.7. The molecule has 2 rings (SSSR count). The number of halogens is 1. The first-order valence-electron chi connectivity index (χ1n) is 7.34. The Morgan fingerprint density at radius 1 is 1.10 bits per heavy atom. The Balaban J connectivity index is 1.82. The summed E-state index contributed by atoms with van der Waals surface area (Å²) in [6, 6.07) is 14.5. The second-order valence-corrected chi connectivity index (χ2v) is 5.54. The van der Waals surface area contributed by atoms with Crippen LogP contribution >= 0.6 is 0 Å². The minimum Gasteiger partial charge on any atom is -0.494 e. The molecule has 0 atom stereocenters. The van der Waals surface area contributed by atoms with Crippen LogP contribution in [0.15, 0.2) is 48.5 Å². The first kappa shape index (κ1) is 15.4. The predicted molar refractivity (Wildman–Crippen MR) is 85.1 cm³/mol. The first-order valence-corrected chi connectivity index (χ1v) is 7.34. The van der Waals surface area contributed by atoms with Crippen molar-refractivity contribution in [3.8, 4) is 5.75 Å². The van der Waals surface area contributed by atoms with Crippen molar-refractivity contribution in [2.75, 3.05) is 11.9 Å². The molecule has 21 heavy (non-hydrogen) atoms. The van der Waals surface area contributed by atoms with Gasteiger partial charge in [-0.1, -0.05) is 32.0 Å². The van der Waals surface area contributed by atoms with Crippen molar-refractivity contribution in [2.24, 2.45) is 5.92 Å². The van der Waals surface area contributed by atoms with Gasteiger partial charge in [0.1, 0.15) is 11.6 Å². The Bertz CT molecular complexity index is 551. The van der Waals surface area contributed by atoms with E-state index in [0.29, 0.717) is 12.5 Å². The molecule has 3 heteroatoms. The van der Waals surface area contributed by atoms with Crippen molar-refractivity contribution >= 4 is 5.69 Å². The van der Waals surface area contributed by atoms with E-state index in [-0.39, 0.29) is 5.82 Å². The summed E-state index contributed by atoms with van der Waals surface area (Å²) in [4.78, 5) is 0. The second kappa shape index (κ2) is 7.67. The van der Waals surface area contributed by atoms with Gasteiger partial charge < -0.3 is 10.1 Å². The fourth-order valence-electron chi connectivity index (χ4n) is 1.92. The molecule has 0 aliphatic heterocycles. The lowest BCUT2D eigenvalue weighted by atomic mass is 10.1. The third-order valence-corrected chi connectivity index (χ3v) is 3.21. The highest BCUT2D eigenvalue weighted by Crippen LogP contribution is 2.15. The van der Waals surface area contributed by atoms with Crippen molar-refractivity contribution in [3.05, 3.63) is 59.9 Å². The molecule has 0 saturated carbocycles. The number of hydrogen-bond donors (Lipinski definition) is 1. The third kappa shape index (κ3) is 5.46. The number of hydrogen-bond acceptors (Lipinski definition) is 2. The van der Waals surface area contributed by atoms with E-state index in [1.807, 2.05) is 30.3 Å². The molecule has 0 unspecified atom stereocenters. The van der Waals surface area contributed by atoms with E-state index in [1.54, 1.807) is 6.07 Å². The second-order valence-electron chi connectivity index (χ2n) is 5.54. The minimum absolute atomic E-state index is 0.228. The fourth-order valence-corrected chi connectivity index (χ4v) is 1.92. The quantitative estimate of drug-likeness (QED) is 0.785. The van der Waals surface area contributed by atoms with Gasteiger partial charge in [0, 0.05) is 12.2 Å². The van der Waals surface area contributed by atoms with Crippen LogP contribution in [0.5, 0.6) is 5.75 Å². The maximum absolute atomic E-state index is 13.1. The molecule has 0 spiro atoms. The molecule has 0 bridgehead atoms. The van der Waals surface area contributed by atoms with Crippen molar-refractivity contribution in [1.29, 1.82) is 0 Å². The zero-order valence-corrected chi connectivity index (χ0v) is 12.6. The number of anilines is 1. The lowest BCUT2D eigenvalue weighted by Gasteiger charge is -2.10. The lowest BCUT2D eigenvalue weighted by molar-refractivity contribution is 0.289. The molecular weight excluding hydrogens is 265 g/mol. The molecule has 0 aromatic heterocycles. The van der Waals surface area contributed by atoms with Crippen LogP contribution in [0.1, 0.15) is 25.8 Å². The summed E-state index contributed by atoms with van der Waals surface area (Å²) in [6.45, 7) is 5.78. The molecule has 0 radical (unpaired) electrons. The van der Waals surface area contributed by atoms with Gasteiger partial charge in [-0.25, -0.2) is 4.39 Å². The van der Waals surface area contributed by atoms with Crippen LogP contribution in [0.4, 0.5) is 10.1 Å². The van der Waals surface area contributed by atoms with E-state index in [1.165, 1.54) is 12.1 Å². The fraction of sp³-hybridized carbons (Fsp3) is 0.333. The van der Waals surface area contributed by atoms with Crippen LogP contribution in [0, 0.1) is 11.7 Å². The average molecular weight is 287 g/mol. The molecule has 2 aromatic carbocycles. The highest BCUT2D eigenvalue weighted by molar-refractivity contribution is 5.44. The van der Waals surface area contributed by atoms with Crippen molar-refractivity contribution < 1.29 is 9.13 Å². The van der Waals surface area contributed by atoms with Gasteiger partial charge in [0.25, 0.3) is 0 Å². The summed E-state index contributed by atoms with van der Waals surface area (Å²) in [6.07, 6.45) is 1.06. The van der Waals surface area contributed by atoms with Gasteiger partial charge in [-0.2, -0.15) is 0 Å². The van der Waals surface area contributed by atoms with E-state index in [9.17, 15) is 4.39 Å². The average Bonchev–Trinajstić information content (AvgIpc) is 2.46. The van der Waals surface area contributed by atoms with E-state index < -0.39 is 0 Å². The molecule has 0 heterocycles. The molecule has 0 saturated heterocycles. The predicted octanol–water partition coefficient (Wildman–Crippen LogP) is 4.86. The van der Waals surface area contributed by atoms with Gasteiger partial charge in [0.15, 0.2) is 0 Å². The van der Waals surface area contributed by atoms with Gasteiger partial charge in [0.05, 0.1) is 6.61 Å². The molecule has 0 fully saturated rings. The summed E-state index contributed by atoms with van der Waals surface area (Å²) < 4.78 is 18.7. The minimum atomic E-state index is -0.228. The van der Waals surface area contributed by atoms with Gasteiger partial charge in [0.2, 0.25) is 0 Å². The molecule has 112 valence electrons. The van der Waals surface area contributed by atoms with Crippen LogP contribution < -0.4 is 10.1 Å². The molecule has 0 aliphatic carbocycles. The van der Waals surface area contributed by atoms with Gasteiger partial charge in [-0.05, 0) is 48.2 Å². The number of ether oxygens (including phenoxy) is 1. The molecule has 2 aromatic rings. The van der Waals surface area contributed by atoms with Crippen LogP contribution in [-0.2, 0) is 6.54 Å². The van der Waals surface area contributed by atoms with Crippen molar-refractivity contribution in [3.63, 3.8) is 0 Å². The monoisotopic (exact) mass is 287 g/mol. The number of rotatable bonds is 7. The number of benzene rings is 2. The standard InChI is InChI=1S/C18H22FNO/c1-14(2)10-11-21-18-8-6-15(7-9-18)13-20-17-5-3-4-16(19)12-17/h3-9,12,14,20H,10-11,13H2,1-2H3. The third-order valence-electron chi connectivity index (χ3n) is 3.21. The Kier molecular flexibility index (Phi) is 5.61. The summed E-state index contributed by atoms with van der Waals surface area (Å²) in [7, 11) is 0. The Hall–Kier alpha value is -2.03. The maximum atomic E-state index is 13.1. The number of nitrogens with one attached hydrogen (secondary N) is 1. The van der Waals surface area contributed by atoms with E-state index in [0.717, 1.165) is 30.0 Å². The van der Waals surface area contributed by atoms with E-state index >= 15 is 0 Å². The zero-order chi connectivity index (χ0) is 15.1. The van der Waals surface area contributed by atoms with Crippen LogP contribution in [0.2, 0.25) is 0 Å². The SMILES string of the molecule is CC(C)CCOc1ccc(CNc2cccc(F)c2)cc1. The molecular formula is C18H22FNO. The maximum Gasteiger partial charge on any atom is 0.125 e. The van der Waals surface area contributed by atoms with Gasteiger partial charge in [-0.3, -0.25) is 0 Å². The van der Waals surface area contributed by atoms with Crippen molar-refractivity contribution in [2.45, 2.75) is 26.8 Å². The smallest absolute Gasteiger partial charge is 0.125 e. The molecule has 1 N–H and O–H groups in total. The van der Waals surface area contributed by atoms with Gasteiger partial charge >= 0.3 is 0 Å². The highest BCUT2D eigenvalue weighted by Gasteiger charge is 1.99.